The van der Waals surface area contributed by atoms with Crippen LogP contribution in [0.15, 0.2) is 0 Å². The first-order valence-corrected chi connectivity index (χ1v) is 11.0. The van der Waals surface area contributed by atoms with Gasteiger partial charge in [-0.2, -0.15) is 0 Å². The Morgan fingerprint density at radius 2 is 1.23 bits per heavy atom. The van der Waals surface area contributed by atoms with Crippen LogP contribution < -0.4 is 5.73 Å². The fourth-order valence-electron chi connectivity index (χ4n) is 2.10. The van der Waals surface area contributed by atoms with E-state index >= 15 is 0 Å². The second-order valence-electron chi connectivity index (χ2n) is 5.35. The lowest BCUT2D eigenvalue weighted by molar-refractivity contribution is 0.123. The highest BCUT2D eigenvalue weighted by Crippen LogP contribution is 2.13. The van der Waals surface area contributed by atoms with Gasteiger partial charge in [-0.15, -0.1) is 11.6 Å². The van der Waals surface area contributed by atoms with Gasteiger partial charge >= 0.3 is 8.80 Å². The lowest BCUT2D eigenvalue weighted by Gasteiger charge is -2.23. The summed E-state index contributed by atoms with van der Waals surface area (Å²) in [6.07, 6.45) is 11.8. The van der Waals surface area contributed by atoms with Crippen molar-refractivity contribution in [2.24, 2.45) is 5.73 Å². The normalized spacial score (nSPS) is 11.2. The SMILES string of the molecule is CCCCCCCCCCCl.CO[Si](CCCN)(OC)OC. The Balaban J connectivity index is 0. The second kappa shape index (κ2) is 19.4. The number of hydrogen-bond acceptors (Lipinski definition) is 4. The minimum Gasteiger partial charge on any atom is -0.377 e. The Morgan fingerprint density at radius 1 is 0.773 bits per heavy atom. The largest absolute Gasteiger partial charge is 0.500 e. The second-order valence-corrected chi connectivity index (χ2v) is 8.82. The molecule has 0 bridgehead atoms. The summed E-state index contributed by atoms with van der Waals surface area (Å²) < 4.78 is 15.5. The highest BCUT2D eigenvalue weighted by Gasteiger charge is 2.36. The van der Waals surface area contributed by atoms with Gasteiger partial charge in [-0.3, -0.25) is 0 Å². The predicted molar refractivity (Wildman–Crippen MR) is 98.6 cm³/mol. The molecule has 22 heavy (non-hydrogen) atoms. The van der Waals surface area contributed by atoms with E-state index in [0.29, 0.717) is 6.54 Å². The third kappa shape index (κ3) is 15.3. The van der Waals surface area contributed by atoms with Gasteiger partial charge in [0.15, 0.2) is 0 Å². The van der Waals surface area contributed by atoms with Crippen LogP contribution >= 0.6 is 11.6 Å². The molecule has 0 fully saturated rings. The van der Waals surface area contributed by atoms with Crippen molar-refractivity contribution in [2.75, 3.05) is 33.8 Å². The van der Waals surface area contributed by atoms with E-state index < -0.39 is 8.80 Å². The molecule has 0 saturated heterocycles. The zero-order chi connectivity index (χ0) is 17.1. The van der Waals surface area contributed by atoms with Gasteiger partial charge in [-0.25, -0.2) is 0 Å². The molecule has 0 aromatic rings. The Hall–Kier alpha value is 0.347. The van der Waals surface area contributed by atoms with Crippen LogP contribution in [0.4, 0.5) is 0 Å². The van der Waals surface area contributed by atoms with Crippen LogP contribution in [0.1, 0.15) is 64.7 Å². The summed E-state index contributed by atoms with van der Waals surface area (Å²) in [7, 11) is 2.50. The molecule has 2 N–H and O–H groups in total. The number of unbranched alkanes of at least 4 members (excludes halogenated alkanes) is 7. The van der Waals surface area contributed by atoms with Gasteiger partial charge in [0, 0.05) is 33.3 Å². The van der Waals surface area contributed by atoms with Crippen LogP contribution in [0.5, 0.6) is 0 Å². The molecular formula is C16H38ClNO3Si. The molecule has 0 saturated carbocycles. The first-order chi connectivity index (χ1) is 10.7. The number of rotatable bonds is 14. The number of nitrogens with two attached hydrogens (primary N) is 1. The van der Waals surface area contributed by atoms with Crippen LogP contribution in [0.25, 0.3) is 0 Å². The minimum absolute atomic E-state index is 0.644. The quantitative estimate of drug-likeness (QED) is 0.281. The van der Waals surface area contributed by atoms with Gasteiger partial charge in [0.1, 0.15) is 0 Å². The summed E-state index contributed by atoms with van der Waals surface area (Å²) in [6, 6.07) is 0.785. The van der Waals surface area contributed by atoms with Crippen molar-refractivity contribution in [3.8, 4) is 0 Å². The van der Waals surface area contributed by atoms with Crippen molar-refractivity contribution in [1.82, 2.24) is 0 Å². The topological polar surface area (TPSA) is 53.7 Å². The first kappa shape index (κ1) is 24.6. The highest BCUT2D eigenvalue weighted by atomic mass is 35.5. The smallest absolute Gasteiger partial charge is 0.377 e. The molecular weight excluding hydrogens is 318 g/mol. The molecule has 0 rings (SSSR count). The molecule has 0 aromatic carbocycles. The van der Waals surface area contributed by atoms with Gasteiger partial charge in [0.25, 0.3) is 0 Å². The van der Waals surface area contributed by atoms with E-state index in [2.05, 4.69) is 6.92 Å². The van der Waals surface area contributed by atoms with Crippen molar-refractivity contribution in [1.29, 1.82) is 0 Å². The van der Waals surface area contributed by atoms with Gasteiger partial charge in [-0.05, 0) is 19.4 Å². The van der Waals surface area contributed by atoms with Crippen LogP contribution in [0.2, 0.25) is 6.04 Å². The number of hydrogen-bond donors (Lipinski definition) is 1. The van der Waals surface area contributed by atoms with Crippen molar-refractivity contribution in [3.63, 3.8) is 0 Å². The van der Waals surface area contributed by atoms with Gasteiger partial charge in [0.05, 0.1) is 0 Å². The summed E-state index contributed by atoms with van der Waals surface area (Å²) in [4.78, 5) is 0. The molecule has 0 aromatic heterocycles. The number of alkyl halides is 1. The highest BCUT2D eigenvalue weighted by molar-refractivity contribution is 6.60. The van der Waals surface area contributed by atoms with Crippen molar-refractivity contribution < 1.29 is 13.3 Å². The maximum Gasteiger partial charge on any atom is 0.500 e. The first-order valence-electron chi connectivity index (χ1n) is 8.57. The summed E-state index contributed by atoms with van der Waals surface area (Å²) in [5.74, 6) is 0.842. The average molecular weight is 356 g/mol. The van der Waals surface area contributed by atoms with Crippen LogP contribution in [-0.2, 0) is 13.3 Å². The summed E-state index contributed by atoms with van der Waals surface area (Å²) >= 11 is 5.56. The van der Waals surface area contributed by atoms with E-state index in [1.165, 1.54) is 51.4 Å². The summed E-state index contributed by atoms with van der Waals surface area (Å²) in [5, 5.41) is 0. The zero-order valence-corrected chi connectivity index (χ0v) is 16.9. The van der Waals surface area contributed by atoms with Crippen molar-refractivity contribution in [3.05, 3.63) is 0 Å². The molecule has 0 amide bonds. The fourth-order valence-corrected chi connectivity index (χ4v) is 4.04. The van der Waals surface area contributed by atoms with E-state index in [0.717, 1.165) is 18.3 Å². The molecule has 0 unspecified atom stereocenters. The maximum absolute atomic E-state index is 5.56. The van der Waals surface area contributed by atoms with Crippen molar-refractivity contribution >= 4 is 20.4 Å². The van der Waals surface area contributed by atoms with Crippen LogP contribution in [0, 0.1) is 0 Å². The summed E-state index contributed by atoms with van der Waals surface area (Å²) in [6.45, 7) is 2.90. The van der Waals surface area contributed by atoms with Gasteiger partial charge in [-0.1, -0.05) is 51.9 Å². The van der Waals surface area contributed by atoms with Crippen LogP contribution in [-0.4, -0.2) is 42.6 Å². The van der Waals surface area contributed by atoms with Gasteiger partial charge < -0.3 is 19.0 Å². The molecule has 0 spiro atoms. The van der Waals surface area contributed by atoms with Crippen molar-refractivity contribution in [2.45, 2.75) is 70.8 Å². The van der Waals surface area contributed by atoms with Gasteiger partial charge in [0.2, 0.25) is 0 Å². The van der Waals surface area contributed by atoms with Crippen LogP contribution in [0.3, 0.4) is 0 Å². The Labute approximate surface area is 144 Å². The molecule has 6 heteroatoms. The molecule has 136 valence electrons. The van der Waals surface area contributed by atoms with E-state index in [1.54, 1.807) is 21.3 Å². The third-order valence-electron chi connectivity index (χ3n) is 3.61. The molecule has 0 radical (unpaired) electrons. The molecule has 4 nitrogen and oxygen atoms in total. The predicted octanol–water partition coefficient (Wildman–Crippen LogP) is 4.58. The standard InChI is InChI=1S/C10H21Cl.C6H17NO3Si/c1-2-3-4-5-6-7-8-9-10-11;1-8-11(9-2,10-3)6-4-5-7/h2-10H2,1H3;4-7H2,1-3H3. The zero-order valence-electron chi connectivity index (χ0n) is 15.2. The van der Waals surface area contributed by atoms with E-state index in [9.17, 15) is 0 Å². The summed E-state index contributed by atoms with van der Waals surface area (Å²) in [5.41, 5.74) is 5.36. The molecule has 0 atom stereocenters. The molecule has 0 aliphatic carbocycles. The third-order valence-corrected chi connectivity index (χ3v) is 6.71. The average Bonchev–Trinajstić information content (AvgIpc) is 2.57. The maximum atomic E-state index is 5.56. The Bertz CT molecular complexity index is 192. The lowest BCUT2D eigenvalue weighted by atomic mass is 10.1. The lowest BCUT2D eigenvalue weighted by Crippen LogP contribution is -2.42. The Morgan fingerprint density at radius 3 is 1.59 bits per heavy atom. The number of halogens is 1. The Kier molecular flexibility index (Phi) is 21.7. The van der Waals surface area contributed by atoms with E-state index in [-0.39, 0.29) is 0 Å². The minimum atomic E-state index is -2.32. The monoisotopic (exact) mass is 355 g/mol. The molecule has 0 aliphatic rings. The fraction of sp³-hybridized carbons (Fsp3) is 1.00. The molecule has 0 aliphatic heterocycles. The van der Waals surface area contributed by atoms with E-state index in [4.69, 9.17) is 30.6 Å². The molecule has 0 heterocycles. The van der Waals surface area contributed by atoms with E-state index in [1.807, 2.05) is 0 Å².